The van der Waals surface area contributed by atoms with Crippen LogP contribution in [-0.4, -0.2) is 12.1 Å². The lowest BCUT2D eigenvalue weighted by Crippen LogP contribution is -2.14. The molecule has 0 aliphatic rings. The maximum absolute atomic E-state index is 11.6. The minimum atomic E-state index is -0.467. The molecule has 1 rings (SSSR count). The van der Waals surface area contributed by atoms with E-state index in [9.17, 15) is 4.79 Å². The van der Waals surface area contributed by atoms with Crippen LogP contribution in [0.4, 0.5) is 0 Å². The minimum Gasteiger partial charge on any atom is -0.293 e. The lowest BCUT2D eigenvalue weighted by molar-refractivity contribution is -0.295. The highest BCUT2D eigenvalue weighted by Gasteiger charge is 2.09. The SMILES string of the molecule is CCCCCCC(CC)OOC(=O)/C=C/c1ccccc1. The summed E-state index contributed by atoms with van der Waals surface area (Å²) in [7, 11) is 0. The lowest BCUT2D eigenvalue weighted by Gasteiger charge is -2.13. The van der Waals surface area contributed by atoms with Crippen molar-refractivity contribution in [2.75, 3.05) is 0 Å². The molecule has 1 atom stereocenters. The van der Waals surface area contributed by atoms with E-state index in [2.05, 4.69) is 6.92 Å². The van der Waals surface area contributed by atoms with Crippen LogP contribution in [0.25, 0.3) is 6.08 Å². The molecule has 0 saturated heterocycles. The van der Waals surface area contributed by atoms with Gasteiger partial charge in [0.2, 0.25) is 0 Å². The molecule has 1 unspecified atom stereocenters. The molecule has 3 heteroatoms. The van der Waals surface area contributed by atoms with Gasteiger partial charge in [-0.05, 0) is 24.5 Å². The molecule has 116 valence electrons. The van der Waals surface area contributed by atoms with Gasteiger partial charge in [-0.2, -0.15) is 4.89 Å². The van der Waals surface area contributed by atoms with Crippen molar-refractivity contribution >= 4 is 12.0 Å². The predicted octanol–water partition coefficient (Wildman–Crippen LogP) is 4.92. The van der Waals surface area contributed by atoms with E-state index < -0.39 is 5.97 Å². The first-order valence-electron chi connectivity index (χ1n) is 7.86. The second kappa shape index (κ2) is 11.1. The third-order valence-corrected chi connectivity index (χ3v) is 3.31. The number of unbranched alkanes of at least 4 members (excludes halogenated alkanes) is 3. The molecule has 21 heavy (non-hydrogen) atoms. The molecule has 0 aliphatic heterocycles. The van der Waals surface area contributed by atoms with E-state index in [4.69, 9.17) is 9.78 Å². The fourth-order valence-electron chi connectivity index (χ4n) is 1.99. The van der Waals surface area contributed by atoms with Crippen molar-refractivity contribution in [3.05, 3.63) is 42.0 Å². The summed E-state index contributed by atoms with van der Waals surface area (Å²) in [5, 5.41) is 0. The second-order valence-electron chi connectivity index (χ2n) is 5.12. The molecule has 0 aromatic heterocycles. The Kier molecular flexibility index (Phi) is 9.21. The Labute approximate surface area is 127 Å². The van der Waals surface area contributed by atoms with Crippen LogP contribution < -0.4 is 0 Å². The highest BCUT2D eigenvalue weighted by Crippen LogP contribution is 2.11. The van der Waals surface area contributed by atoms with Gasteiger partial charge in [0, 0.05) is 6.08 Å². The molecule has 1 aromatic rings. The summed E-state index contributed by atoms with van der Waals surface area (Å²) in [5.74, 6) is -0.467. The van der Waals surface area contributed by atoms with Crippen LogP contribution in [0.2, 0.25) is 0 Å². The van der Waals surface area contributed by atoms with Crippen LogP contribution in [0.5, 0.6) is 0 Å². The average molecular weight is 290 g/mol. The van der Waals surface area contributed by atoms with Gasteiger partial charge in [0.1, 0.15) is 6.10 Å². The van der Waals surface area contributed by atoms with Crippen molar-refractivity contribution in [3.8, 4) is 0 Å². The van der Waals surface area contributed by atoms with E-state index in [1.54, 1.807) is 6.08 Å². The Morgan fingerprint density at radius 2 is 1.90 bits per heavy atom. The molecule has 0 aliphatic carbocycles. The largest absolute Gasteiger partial charge is 0.365 e. The van der Waals surface area contributed by atoms with Gasteiger partial charge in [0.25, 0.3) is 0 Å². The Balaban J connectivity index is 2.25. The van der Waals surface area contributed by atoms with Crippen molar-refractivity contribution in [1.29, 1.82) is 0 Å². The molecule has 0 radical (unpaired) electrons. The van der Waals surface area contributed by atoms with Crippen molar-refractivity contribution in [3.63, 3.8) is 0 Å². The molecule has 0 bridgehead atoms. The quantitative estimate of drug-likeness (QED) is 0.265. The zero-order chi connectivity index (χ0) is 15.3. The van der Waals surface area contributed by atoms with E-state index >= 15 is 0 Å². The molecule has 3 nitrogen and oxygen atoms in total. The summed E-state index contributed by atoms with van der Waals surface area (Å²) in [4.78, 5) is 21.6. The summed E-state index contributed by atoms with van der Waals surface area (Å²) in [6.45, 7) is 4.23. The molecule has 0 fully saturated rings. The van der Waals surface area contributed by atoms with E-state index in [1.807, 2.05) is 37.3 Å². The normalized spacial score (nSPS) is 12.5. The van der Waals surface area contributed by atoms with Crippen LogP contribution in [-0.2, 0) is 14.6 Å². The van der Waals surface area contributed by atoms with Gasteiger partial charge in [0.05, 0.1) is 0 Å². The van der Waals surface area contributed by atoms with E-state index in [-0.39, 0.29) is 6.10 Å². The molecule has 0 saturated carbocycles. The van der Waals surface area contributed by atoms with E-state index in [0.717, 1.165) is 24.8 Å². The Bertz CT molecular complexity index is 412. The molecular weight excluding hydrogens is 264 g/mol. The smallest absolute Gasteiger partial charge is 0.293 e. The number of benzene rings is 1. The second-order valence-corrected chi connectivity index (χ2v) is 5.12. The van der Waals surface area contributed by atoms with Crippen molar-refractivity contribution in [2.45, 2.75) is 58.5 Å². The fraction of sp³-hybridized carbons (Fsp3) is 0.500. The third-order valence-electron chi connectivity index (χ3n) is 3.31. The Morgan fingerprint density at radius 3 is 2.57 bits per heavy atom. The maximum atomic E-state index is 11.6. The number of rotatable bonds is 10. The summed E-state index contributed by atoms with van der Waals surface area (Å²) in [5.41, 5.74) is 0.959. The molecule has 1 aromatic carbocycles. The van der Waals surface area contributed by atoms with Gasteiger partial charge < -0.3 is 0 Å². The van der Waals surface area contributed by atoms with E-state index in [0.29, 0.717) is 0 Å². The number of hydrogen-bond donors (Lipinski definition) is 0. The van der Waals surface area contributed by atoms with Crippen LogP contribution in [0.3, 0.4) is 0 Å². The lowest BCUT2D eigenvalue weighted by atomic mass is 10.1. The van der Waals surface area contributed by atoms with Crippen molar-refractivity contribution in [2.24, 2.45) is 0 Å². The van der Waals surface area contributed by atoms with Crippen LogP contribution >= 0.6 is 0 Å². The van der Waals surface area contributed by atoms with Gasteiger partial charge in [0.15, 0.2) is 0 Å². The van der Waals surface area contributed by atoms with Gasteiger partial charge in [-0.25, -0.2) is 4.79 Å². The van der Waals surface area contributed by atoms with Crippen molar-refractivity contribution < 1.29 is 14.6 Å². The molecule has 0 N–H and O–H groups in total. The van der Waals surface area contributed by atoms with Crippen LogP contribution in [0.15, 0.2) is 36.4 Å². The number of hydrogen-bond acceptors (Lipinski definition) is 3. The number of carbonyl (C=O) groups is 1. The predicted molar refractivity (Wildman–Crippen MR) is 85.5 cm³/mol. The summed E-state index contributed by atoms with van der Waals surface area (Å²) in [6.07, 6.45) is 9.67. The first-order chi connectivity index (χ1) is 10.3. The van der Waals surface area contributed by atoms with Crippen LogP contribution in [0, 0.1) is 0 Å². The topological polar surface area (TPSA) is 35.5 Å². The van der Waals surface area contributed by atoms with Crippen molar-refractivity contribution in [1.82, 2.24) is 0 Å². The first-order valence-corrected chi connectivity index (χ1v) is 7.86. The van der Waals surface area contributed by atoms with Gasteiger partial charge in [-0.1, -0.05) is 69.9 Å². The van der Waals surface area contributed by atoms with Crippen LogP contribution in [0.1, 0.15) is 57.9 Å². The Hall–Kier alpha value is -1.61. The molecule has 0 amide bonds. The summed E-state index contributed by atoms with van der Waals surface area (Å²) >= 11 is 0. The minimum absolute atomic E-state index is 0.00377. The standard InChI is InChI=1S/C18H26O3/c1-3-5-6-10-13-17(4-2)20-21-18(19)15-14-16-11-8-7-9-12-16/h7-9,11-12,14-15,17H,3-6,10,13H2,1-2H3/b15-14+. The highest BCUT2D eigenvalue weighted by molar-refractivity contribution is 5.86. The number of carbonyl (C=O) groups excluding carboxylic acids is 1. The summed E-state index contributed by atoms with van der Waals surface area (Å²) in [6, 6.07) is 9.62. The highest BCUT2D eigenvalue weighted by atomic mass is 17.2. The Morgan fingerprint density at radius 1 is 1.14 bits per heavy atom. The summed E-state index contributed by atoms with van der Waals surface area (Å²) < 4.78 is 0. The van der Waals surface area contributed by atoms with E-state index in [1.165, 1.54) is 25.3 Å². The molecule has 0 heterocycles. The van der Waals surface area contributed by atoms with Gasteiger partial charge in [-0.3, -0.25) is 4.89 Å². The average Bonchev–Trinajstić information content (AvgIpc) is 2.53. The fourth-order valence-corrected chi connectivity index (χ4v) is 1.99. The first kappa shape index (κ1) is 17.4. The monoisotopic (exact) mass is 290 g/mol. The zero-order valence-corrected chi connectivity index (χ0v) is 13.1. The van der Waals surface area contributed by atoms with Gasteiger partial charge >= 0.3 is 5.97 Å². The molecular formula is C18H26O3. The maximum Gasteiger partial charge on any atom is 0.365 e. The third kappa shape index (κ3) is 8.30. The van der Waals surface area contributed by atoms with Gasteiger partial charge in [-0.15, -0.1) is 0 Å². The molecule has 0 spiro atoms. The zero-order valence-electron chi connectivity index (χ0n) is 13.1.